The molecule has 0 radical (unpaired) electrons. The van der Waals surface area contributed by atoms with Crippen LogP contribution in [0.4, 0.5) is 0 Å². The van der Waals surface area contributed by atoms with Gasteiger partial charge in [-0.3, -0.25) is 9.69 Å². The Morgan fingerprint density at radius 3 is 2.83 bits per heavy atom. The minimum absolute atomic E-state index is 0.0153. The number of nitrogens with one attached hydrogen (secondary N) is 1. The summed E-state index contributed by atoms with van der Waals surface area (Å²) >= 11 is 3.22. The molecule has 0 amide bonds. The van der Waals surface area contributed by atoms with Gasteiger partial charge in [0.05, 0.1) is 11.4 Å². The van der Waals surface area contributed by atoms with Gasteiger partial charge in [0.25, 0.3) is 5.56 Å². The van der Waals surface area contributed by atoms with Gasteiger partial charge in [0.2, 0.25) is 0 Å². The highest BCUT2D eigenvalue weighted by molar-refractivity contribution is 7.18. The van der Waals surface area contributed by atoms with Crippen LogP contribution >= 0.6 is 22.7 Å². The van der Waals surface area contributed by atoms with E-state index in [0.29, 0.717) is 0 Å². The molecule has 0 unspecified atom stereocenters. The molecule has 120 valence electrons. The third-order valence-corrected chi connectivity index (χ3v) is 6.36. The molecular weight excluding hydrogens is 326 g/mol. The van der Waals surface area contributed by atoms with Crippen molar-refractivity contribution in [3.05, 3.63) is 39.1 Å². The van der Waals surface area contributed by atoms with E-state index in [0.717, 1.165) is 39.6 Å². The van der Waals surface area contributed by atoms with Gasteiger partial charge in [0.1, 0.15) is 10.7 Å². The van der Waals surface area contributed by atoms with E-state index in [4.69, 9.17) is 4.98 Å². The Hall–Kier alpha value is -1.50. The summed E-state index contributed by atoms with van der Waals surface area (Å²) < 4.78 is 0. The second-order valence-corrected chi connectivity index (χ2v) is 7.84. The van der Waals surface area contributed by atoms with Crippen molar-refractivity contribution in [2.45, 2.75) is 32.2 Å². The lowest BCUT2D eigenvalue weighted by Gasteiger charge is -2.31. The lowest BCUT2D eigenvalue weighted by molar-refractivity contribution is 0.169. The van der Waals surface area contributed by atoms with E-state index in [1.165, 1.54) is 19.3 Å². The number of fused-ring (bicyclic) bond motifs is 1. The molecule has 3 aromatic rings. The van der Waals surface area contributed by atoms with Crippen LogP contribution in [0, 0.1) is 0 Å². The fraction of sp³-hybridized carbons (Fsp3) is 0.412. The van der Waals surface area contributed by atoms with Gasteiger partial charge in [0, 0.05) is 15.8 Å². The van der Waals surface area contributed by atoms with Crippen molar-refractivity contribution in [2.24, 2.45) is 0 Å². The molecule has 4 nitrogen and oxygen atoms in total. The maximum atomic E-state index is 12.7. The van der Waals surface area contributed by atoms with Gasteiger partial charge in [-0.2, -0.15) is 0 Å². The van der Waals surface area contributed by atoms with E-state index < -0.39 is 0 Å². The molecule has 23 heavy (non-hydrogen) atoms. The van der Waals surface area contributed by atoms with Gasteiger partial charge < -0.3 is 4.98 Å². The molecule has 1 N–H and O–H groups in total. The molecular formula is C17H19N3OS2. The lowest BCUT2D eigenvalue weighted by Crippen LogP contribution is -2.34. The smallest absolute Gasteiger partial charge is 0.260 e. The molecule has 1 aliphatic rings. The summed E-state index contributed by atoms with van der Waals surface area (Å²) in [6.07, 6.45) is 3.78. The van der Waals surface area contributed by atoms with Gasteiger partial charge in [-0.05, 0) is 44.3 Å². The predicted molar refractivity (Wildman–Crippen MR) is 97.4 cm³/mol. The monoisotopic (exact) mass is 345 g/mol. The summed E-state index contributed by atoms with van der Waals surface area (Å²) in [4.78, 5) is 24.9. The fourth-order valence-corrected chi connectivity index (χ4v) is 5.02. The van der Waals surface area contributed by atoms with Crippen LogP contribution in [0.3, 0.4) is 0 Å². The highest BCUT2D eigenvalue weighted by Crippen LogP contribution is 2.34. The van der Waals surface area contributed by atoms with Crippen molar-refractivity contribution in [2.75, 3.05) is 13.1 Å². The second kappa shape index (κ2) is 6.19. The van der Waals surface area contributed by atoms with Crippen LogP contribution in [0.2, 0.25) is 0 Å². The number of aromatic nitrogens is 2. The number of aromatic amines is 1. The summed E-state index contributed by atoms with van der Waals surface area (Å²) in [6, 6.07) is 4.23. The van der Waals surface area contributed by atoms with Gasteiger partial charge in [0.15, 0.2) is 0 Å². The summed E-state index contributed by atoms with van der Waals surface area (Å²) in [5, 5.41) is 4.81. The fourth-order valence-electron chi connectivity index (χ4n) is 3.26. The average molecular weight is 345 g/mol. The van der Waals surface area contributed by atoms with E-state index >= 15 is 0 Å². The first-order valence-corrected chi connectivity index (χ1v) is 9.79. The summed E-state index contributed by atoms with van der Waals surface area (Å²) in [6.45, 7) is 4.32. The first-order valence-electron chi connectivity index (χ1n) is 8.03. The number of nitrogens with zero attached hydrogens (tertiary/aromatic N) is 2. The zero-order valence-electron chi connectivity index (χ0n) is 13.0. The molecule has 0 bridgehead atoms. The van der Waals surface area contributed by atoms with Crippen molar-refractivity contribution in [3.8, 4) is 10.4 Å². The highest BCUT2D eigenvalue weighted by Gasteiger charge is 2.22. The molecule has 6 heteroatoms. The number of thiophene rings is 2. The van der Waals surface area contributed by atoms with E-state index in [1.807, 2.05) is 16.8 Å². The van der Waals surface area contributed by atoms with E-state index in [-0.39, 0.29) is 11.6 Å². The Morgan fingerprint density at radius 1 is 1.26 bits per heavy atom. The van der Waals surface area contributed by atoms with Crippen LogP contribution in [0.25, 0.3) is 20.7 Å². The van der Waals surface area contributed by atoms with Crippen LogP contribution in [0.1, 0.15) is 38.1 Å². The van der Waals surface area contributed by atoms with Crippen LogP contribution in [-0.2, 0) is 0 Å². The Morgan fingerprint density at radius 2 is 2.09 bits per heavy atom. The topological polar surface area (TPSA) is 49.0 Å². The van der Waals surface area contributed by atoms with E-state index in [2.05, 4.69) is 22.9 Å². The molecule has 4 rings (SSSR count). The predicted octanol–water partition coefficient (Wildman–Crippen LogP) is 4.26. The van der Waals surface area contributed by atoms with Crippen LogP contribution < -0.4 is 5.56 Å². The minimum Gasteiger partial charge on any atom is -0.309 e. The molecule has 0 aromatic carbocycles. The molecule has 1 atom stereocenters. The molecule has 0 spiro atoms. The van der Waals surface area contributed by atoms with Crippen molar-refractivity contribution >= 4 is 32.9 Å². The van der Waals surface area contributed by atoms with E-state index in [9.17, 15) is 4.79 Å². The van der Waals surface area contributed by atoms with Crippen molar-refractivity contribution < 1.29 is 0 Å². The third kappa shape index (κ3) is 2.75. The van der Waals surface area contributed by atoms with Crippen LogP contribution in [-0.4, -0.2) is 28.0 Å². The normalized spacial score (nSPS) is 17.6. The molecule has 1 aliphatic heterocycles. The summed E-state index contributed by atoms with van der Waals surface area (Å²) in [5.41, 5.74) is 0.990. The maximum absolute atomic E-state index is 12.7. The molecule has 0 aliphatic carbocycles. The van der Waals surface area contributed by atoms with Crippen molar-refractivity contribution in [1.29, 1.82) is 0 Å². The SMILES string of the molecule is C[C@H](c1nc2scc(-c3cccs3)c2c(=O)[nH]1)N1CCCCC1. The second-order valence-electron chi connectivity index (χ2n) is 6.03. The number of likely N-dealkylation sites (tertiary alicyclic amines) is 1. The standard InChI is InChI=1S/C17H19N3OS2/c1-11(20-7-3-2-4-8-20)15-18-16(21)14-12(10-23-17(14)19-15)13-6-5-9-22-13/h5-6,9-11H,2-4,7-8H2,1H3,(H,18,19,21)/t11-/m1/s1. The Labute approximate surface area is 142 Å². The zero-order chi connectivity index (χ0) is 15.8. The van der Waals surface area contributed by atoms with Gasteiger partial charge >= 0.3 is 0 Å². The maximum Gasteiger partial charge on any atom is 0.260 e. The number of piperidine rings is 1. The Bertz CT molecular complexity index is 860. The summed E-state index contributed by atoms with van der Waals surface area (Å²) in [7, 11) is 0. The Balaban J connectivity index is 1.75. The highest BCUT2D eigenvalue weighted by atomic mass is 32.1. The first kappa shape index (κ1) is 15.1. The quantitative estimate of drug-likeness (QED) is 0.771. The van der Waals surface area contributed by atoms with Crippen molar-refractivity contribution in [3.63, 3.8) is 0 Å². The average Bonchev–Trinajstić information content (AvgIpc) is 3.24. The van der Waals surface area contributed by atoms with Crippen LogP contribution in [0.15, 0.2) is 27.7 Å². The molecule has 4 heterocycles. The zero-order valence-corrected chi connectivity index (χ0v) is 14.7. The molecule has 1 fully saturated rings. The third-order valence-electron chi connectivity index (χ3n) is 4.58. The summed E-state index contributed by atoms with van der Waals surface area (Å²) in [5.74, 6) is 0.795. The number of rotatable bonds is 3. The molecule has 1 saturated heterocycles. The molecule has 3 aromatic heterocycles. The van der Waals surface area contributed by atoms with Gasteiger partial charge in [-0.1, -0.05) is 12.5 Å². The van der Waals surface area contributed by atoms with Gasteiger partial charge in [-0.25, -0.2) is 4.98 Å². The molecule has 0 saturated carbocycles. The van der Waals surface area contributed by atoms with E-state index in [1.54, 1.807) is 22.7 Å². The number of hydrogen-bond donors (Lipinski definition) is 1. The lowest BCUT2D eigenvalue weighted by atomic mass is 10.1. The van der Waals surface area contributed by atoms with Crippen LogP contribution in [0.5, 0.6) is 0 Å². The number of hydrogen-bond acceptors (Lipinski definition) is 5. The largest absolute Gasteiger partial charge is 0.309 e. The number of H-pyrrole nitrogens is 1. The Kier molecular flexibility index (Phi) is 4.05. The van der Waals surface area contributed by atoms with Crippen molar-refractivity contribution in [1.82, 2.24) is 14.9 Å². The van der Waals surface area contributed by atoms with Gasteiger partial charge in [-0.15, -0.1) is 22.7 Å². The first-order chi connectivity index (χ1) is 11.2. The minimum atomic E-state index is -0.0153.